The van der Waals surface area contributed by atoms with Gasteiger partial charge in [-0.1, -0.05) is 23.7 Å². The smallest absolute Gasteiger partial charge is 0.274 e. The summed E-state index contributed by atoms with van der Waals surface area (Å²) in [5.74, 6) is 2.16. The number of fused-ring (bicyclic) bond motifs is 1. The Kier molecular flexibility index (Phi) is 4.52. The third-order valence-corrected chi connectivity index (χ3v) is 5.75. The van der Waals surface area contributed by atoms with Gasteiger partial charge in [0.1, 0.15) is 5.69 Å². The number of benzene rings is 1. The zero-order chi connectivity index (χ0) is 17.4. The van der Waals surface area contributed by atoms with E-state index < -0.39 is 0 Å². The molecular weight excluding hydrogens is 336 g/mol. The number of amides is 1. The molecule has 132 valence electrons. The zero-order valence-electron chi connectivity index (χ0n) is 14.4. The minimum absolute atomic E-state index is 0.0347. The number of imidazole rings is 1. The second-order valence-electron chi connectivity index (χ2n) is 7.20. The Morgan fingerprint density at radius 3 is 2.68 bits per heavy atom. The summed E-state index contributed by atoms with van der Waals surface area (Å²) in [6, 6.07) is 7.86. The molecule has 2 heterocycles. The maximum Gasteiger partial charge on any atom is 0.274 e. The van der Waals surface area contributed by atoms with E-state index in [0.717, 1.165) is 42.9 Å². The van der Waals surface area contributed by atoms with Crippen LogP contribution in [0.5, 0.6) is 0 Å². The van der Waals surface area contributed by atoms with E-state index in [-0.39, 0.29) is 5.91 Å². The van der Waals surface area contributed by atoms with Gasteiger partial charge in [0, 0.05) is 31.4 Å². The van der Waals surface area contributed by atoms with Gasteiger partial charge in [-0.25, -0.2) is 4.98 Å². The molecule has 0 radical (unpaired) electrons. The van der Waals surface area contributed by atoms with Crippen LogP contribution >= 0.6 is 11.6 Å². The number of rotatable bonds is 6. The summed E-state index contributed by atoms with van der Waals surface area (Å²) in [5.41, 5.74) is 1.73. The summed E-state index contributed by atoms with van der Waals surface area (Å²) in [6.45, 7) is 3.73. The minimum atomic E-state index is 0.0347. The number of aryl methyl sites for hydroxylation is 1. The van der Waals surface area contributed by atoms with Crippen molar-refractivity contribution in [2.45, 2.75) is 6.42 Å². The van der Waals surface area contributed by atoms with Gasteiger partial charge in [0.25, 0.3) is 5.91 Å². The molecule has 1 saturated heterocycles. The normalized spacial score (nSPS) is 24.2. The molecule has 5 nitrogen and oxygen atoms in total. The number of carbonyl (C=O) groups is 1. The summed E-state index contributed by atoms with van der Waals surface area (Å²) in [6.07, 6.45) is 4.31. The Morgan fingerprint density at radius 1 is 1.32 bits per heavy atom. The number of aromatic nitrogens is 2. The van der Waals surface area contributed by atoms with Crippen molar-refractivity contribution >= 4 is 17.5 Å². The molecule has 2 aliphatic rings. The van der Waals surface area contributed by atoms with Crippen molar-refractivity contribution in [3.8, 4) is 0 Å². The Bertz CT molecular complexity index is 747. The first kappa shape index (κ1) is 16.6. The third kappa shape index (κ3) is 3.58. The van der Waals surface area contributed by atoms with Crippen molar-refractivity contribution in [1.82, 2.24) is 19.8 Å². The quantitative estimate of drug-likeness (QED) is 0.861. The molecule has 1 amide bonds. The highest BCUT2D eigenvalue weighted by Crippen LogP contribution is 2.49. The molecular formula is C19H23ClN4O. The van der Waals surface area contributed by atoms with Gasteiger partial charge in [0.15, 0.2) is 0 Å². The monoisotopic (exact) mass is 358 g/mol. The summed E-state index contributed by atoms with van der Waals surface area (Å²) in [5, 5.41) is 4.16. The Labute approximate surface area is 153 Å². The van der Waals surface area contributed by atoms with E-state index in [0.29, 0.717) is 18.2 Å². The fourth-order valence-corrected chi connectivity index (χ4v) is 4.07. The average Bonchev–Trinajstić information content (AvgIpc) is 2.99. The van der Waals surface area contributed by atoms with Crippen LogP contribution in [0.15, 0.2) is 36.8 Å². The maximum absolute atomic E-state index is 12.9. The van der Waals surface area contributed by atoms with Gasteiger partial charge in [-0.3, -0.25) is 4.79 Å². The first-order valence-corrected chi connectivity index (χ1v) is 9.22. The fourth-order valence-electron chi connectivity index (χ4n) is 3.95. The lowest BCUT2D eigenvalue weighted by atomic mass is 10.1. The highest BCUT2D eigenvalue weighted by Gasteiger charge is 2.53. The van der Waals surface area contributed by atoms with Crippen LogP contribution in [-0.4, -0.2) is 46.5 Å². The van der Waals surface area contributed by atoms with Gasteiger partial charge in [0.05, 0.1) is 6.33 Å². The molecule has 2 atom stereocenters. The molecule has 2 aromatic rings. The lowest BCUT2D eigenvalue weighted by Gasteiger charge is -2.23. The first-order chi connectivity index (χ1) is 12.1. The van der Waals surface area contributed by atoms with Crippen LogP contribution in [0.25, 0.3) is 0 Å². The number of hydrogen-bond acceptors (Lipinski definition) is 3. The van der Waals surface area contributed by atoms with E-state index in [9.17, 15) is 4.79 Å². The van der Waals surface area contributed by atoms with E-state index in [1.807, 2.05) is 40.8 Å². The number of nitrogens with one attached hydrogen (secondary N) is 1. The molecule has 6 heteroatoms. The molecule has 25 heavy (non-hydrogen) atoms. The summed E-state index contributed by atoms with van der Waals surface area (Å²) < 4.78 is 1.82. The number of hydrogen-bond donors (Lipinski definition) is 1. The van der Waals surface area contributed by atoms with E-state index in [4.69, 9.17) is 11.6 Å². The minimum Gasteiger partial charge on any atom is -0.340 e. The number of nitrogens with zero attached hydrogens (tertiary/aromatic N) is 3. The van der Waals surface area contributed by atoms with Crippen LogP contribution < -0.4 is 5.32 Å². The van der Waals surface area contributed by atoms with Crippen molar-refractivity contribution in [1.29, 1.82) is 0 Å². The van der Waals surface area contributed by atoms with E-state index in [2.05, 4.69) is 10.3 Å². The largest absolute Gasteiger partial charge is 0.340 e. The molecule has 1 aromatic heterocycles. The molecule has 0 bridgehead atoms. The highest BCUT2D eigenvalue weighted by molar-refractivity contribution is 6.30. The molecule has 1 N–H and O–H groups in total. The molecule has 2 fully saturated rings. The fraction of sp³-hybridized carbons (Fsp3) is 0.474. The van der Waals surface area contributed by atoms with E-state index in [1.54, 1.807) is 12.5 Å². The van der Waals surface area contributed by atoms with Crippen LogP contribution in [0.4, 0.5) is 0 Å². The van der Waals surface area contributed by atoms with E-state index >= 15 is 0 Å². The molecule has 1 aromatic carbocycles. The highest BCUT2D eigenvalue weighted by atomic mass is 35.5. The lowest BCUT2D eigenvalue weighted by molar-refractivity contribution is 0.0738. The van der Waals surface area contributed by atoms with Crippen molar-refractivity contribution in [3.05, 3.63) is 53.1 Å². The molecule has 4 rings (SSSR count). The van der Waals surface area contributed by atoms with Crippen LogP contribution in [0.1, 0.15) is 16.1 Å². The van der Waals surface area contributed by atoms with Crippen LogP contribution in [0.3, 0.4) is 0 Å². The van der Waals surface area contributed by atoms with Gasteiger partial charge in [-0.2, -0.15) is 0 Å². The Balaban J connectivity index is 1.44. The van der Waals surface area contributed by atoms with Crippen LogP contribution in [0.2, 0.25) is 5.02 Å². The Morgan fingerprint density at radius 2 is 2.04 bits per heavy atom. The SMILES string of the molecule is Cn1cnc(C(=O)N(CCc2ccc(Cl)cc2)CC2C3CNCC32)c1. The van der Waals surface area contributed by atoms with Gasteiger partial charge in [-0.15, -0.1) is 0 Å². The second-order valence-corrected chi connectivity index (χ2v) is 7.64. The average molecular weight is 359 g/mol. The molecule has 1 aliphatic carbocycles. The molecule has 1 saturated carbocycles. The van der Waals surface area contributed by atoms with Crippen LogP contribution in [0, 0.1) is 17.8 Å². The van der Waals surface area contributed by atoms with Gasteiger partial charge in [0.2, 0.25) is 0 Å². The second kappa shape index (κ2) is 6.81. The van der Waals surface area contributed by atoms with Crippen molar-refractivity contribution in [2.75, 3.05) is 26.2 Å². The maximum atomic E-state index is 12.9. The predicted octanol–water partition coefficient (Wildman–Crippen LogP) is 2.22. The number of piperidine rings is 1. The van der Waals surface area contributed by atoms with E-state index in [1.165, 1.54) is 5.56 Å². The van der Waals surface area contributed by atoms with Crippen molar-refractivity contribution < 1.29 is 4.79 Å². The first-order valence-electron chi connectivity index (χ1n) is 8.84. The van der Waals surface area contributed by atoms with Crippen LogP contribution in [-0.2, 0) is 13.5 Å². The lowest BCUT2D eigenvalue weighted by Crippen LogP contribution is -2.36. The van der Waals surface area contributed by atoms with Gasteiger partial charge in [-0.05, 0) is 55.0 Å². The topological polar surface area (TPSA) is 50.2 Å². The standard InChI is InChI=1S/C19H23ClN4O/c1-23-11-18(22-12-23)19(25)24(10-17-15-8-21-9-16(15)17)7-6-13-2-4-14(20)5-3-13/h2-5,11-12,15-17,21H,6-10H2,1H3. The summed E-state index contributed by atoms with van der Waals surface area (Å²) in [4.78, 5) is 19.2. The molecule has 2 unspecified atom stereocenters. The predicted molar refractivity (Wildman–Crippen MR) is 97.6 cm³/mol. The van der Waals surface area contributed by atoms with Crippen molar-refractivity contribution in [2.24, 2.45) is 24.8 Å². The molecule has 1 aliphatic heterocycles. The molecule has 0 spiro atoms. The van der Waals surface area contributed by atoms with Gasteiger partial charge >= 0.3 is 0 Å². The Hall–Kier alpha value is -1.85. The van der Waals surface area contributed by atoms with Crippen molar-refractivity contribution in [3.63, 3.8) is 0 Å². The number of carbonyl (C=O) groups excluding carboxylic acids is 1. The number of halogens is 1. The summed E-state index contributed by atoms with van der Waals surface area (Å²) >= 11 is 5.96. The zero-order valence-corrected chi connectivity index (χ0v) is 15.1. The summed E-state index contributed by atoms with van der Waals surface area (Å²) in [7, 11) is 1.89. The third-order valence-electron chi connectivity index (χ3n) is 5.50. The van der Waals surface area contributed by atoms with Gasteiger partial charge < -0.3 is 14.8 Å².